The Morgan fingerprint density at radius 1 is 0.778 bits per heavy atom. The molecule has 0 amide bonds. The van der Waals surface area contributed by atoms with Crippen molar-refractivity contribution >= 4 is 0 Å². The van der Waals surface area contributed by atoms with Gasteiger partial charge in [-0.25, -0.2) is 0 Å². The first-order valence-electron chi connectivity index (χ1n) is 2.51. The van der Waals surface area contributed by atoms with Crippen molar-refractivity contribution < 1.29 is 17.6 Å². The molecule has 0 heterocycles. The molecule has 4 heteroatoms. The summed E-state index contributed by atoms with van der Waals surface area (Å²) in [5.41, 5.74) is -2.12. The zero-order valence-electron chi connectivity index (χ0n) is 5.01. The van der Waals surface area contributed by atoms with E-state index in [1.165, 1.54) is 0 Å². The van der Waals surface area contributed by atoms with Crippen LogP contribution in [0.5, 0.6) is 0 Å². The molecule has 0 radical (unpaired) electrons. The Bertz CT molecular complexity index is 107. The van der Waals surface area contributed by atoms with Gasteiger partial charge in [-0.15, -0.1) is 0 Å². The minimum atomic E-state index is -3.79. The van der Waals surface area contributed by atoms with E-state index in [0.717, 1.165) is 13.8 Å². The van der Waals surface area contributed by atoms with Gasteiger partial charge in [0.1, 0.15) is 5.41 Å². The number of halogens is 4. The molecule has 1 rings (SSSR count). The average molecular weight is 142 g/mol. The van der Waals surface area contributed by atoms with Crippen LogP contribution in [-0.4, -0.2) is 11.8 Å². The lowest BCUT2D eigenvalue weighted by atomic mass is 10.2. The SMILES string of the molecule is CC1(C)C(F)(F)C1(F)F. The van der Waals surface area contributed by atoms with Gasteiger partial charge in [-0.2, -0.15) is 17.6 Å². The molecule has 9 heavy (non-hydrogen) atoms. The highest BCUT2D eigenvalue weighted by Crippen LogP contribution is 2.71. The topological polar surface area (TPSA) is 0 Å². The molecule has 0 unspecified atom stereocenters. The van der Waals surface area contributed by atoms with Crippen LogP contribution < -0.4 is 0 Å². The van der Waals surface area contributed by atoms with Crippen molar-refractivity contribution in [3.05, 3.63) is 0 Å². The van der Waals surface area contributed by atoms with Crippen molar-refractivity contribution in [1.82, 2.24) is 0 Å². The highest BCUT2D eigenvalue weighted by molar-refractivity contribution is 5.21. The lowest BCUT2D eigenvalue weighted by Crippen LogP contribution is -2.02. The van der Waals surface area contributed by atoms with Gasteiger partial charge in [-0.3, -0.25) is 0 Å². The van der Waals surface area contributed by atoms with Gasteiger partial charge >= 0.3 is 11.8 Å². The normalized spacial score (nSPS) is 34.0. The molecule has 0 spiro atoms. The summed E-state index contributed by atoms with van der Waals surface area (Å²) in [5.74, 6) is -7.58. The number of hydrogen-bond donors (Lipinski definition) is 0. The van der Waals surface area contributed by atoms with Crippen molar-refractivity contribution in [2.45, 2.75) is 25.7 Å². The summed E-state index contributed by atoms with van der Waals surface area (Å²) in [6.07, 6.45) is 0. The Morgan fingerprint density at radius 2 is 0.889 bits per heavy atom. The quantitative estimate of drug-likeness (QED) is 0.455. The molecule has 0 aromatic heterocycles. The molecule has 1 aliphatic carbocycles. The van der Waals surface area contributed by atoms with Crippen LogP contribution in [0.3, 0.4) is 0 Å². The van der Waals surface area contributed by atoms with Gasteiger partial charge in [0.25, 0.3) is 0 Å². The van der Waals surface area contributed by atoms with Crippen LogP contribution in [0.4, 0.5) is 17.6 Å². The lowest BCUT2D eigenvalue weighted by Gasteiger charge is -1.92. The fourth-order valence-corrected chi connectivity index (χ4v) is 0.669. The van der Waals surface area contributed by atoms with Crippen molar-refractivity contribution in [1.29, 1.82) is 0 Å². The molecule has 0 aromatic rings. The van der Waals surface area contributed by atoms with E-state index in [2.05, 4.69) is 0 Å². The highest BCUT2D eigenvalue weighted by atomic mass is 19.3. The molecule has 54 valence electrons. The molecular formula is C5H6F4. The fraction of sp³-hybridized carbons (Fsp3) is 1.00. The van der Waals surface area contributed by atoms with Crippen LogP contribution >= 0.6 is 0 Å². The first kappa shape index (κ1) is 6.83. The van der Waals surface area contributed by atoms with Crippen LogP contribution in [0.1, 0.15) is 13.8 Å². The summed E-state index contributed by atoms with van der Waals surface area (Å²) in [4.78, 5) is 0. The van der Waals surface area contributed by atoms with E-state index in [4.69, 9.17) is 0 Å². The maximum Gasteiger partial charge on any atom is 0.321 e. The molecule has 1 saturated carbocycles. The zero-order chi connectivity index (χ0) is 7.50. The van der Waals surface area contributed by atoms with E-state index in [-0.39, 0.29) is 0 Å². The monoisotopic (exact) mass is 142 g/mol. The molecule has 1 aliphatic rings. The van der Waals surface area contributed by atoms with Gasteiger partial charge in [0.05, 0.1) is 0 Å². The maximum absolute atomic E-state index is 11.9. The second-order valence-corrected chi connectivity index (χ2v) is 2.77. The van der Waals surface area contributed by atoms with Crippen LogP contribution in [0.2, 0.25) is 0 Å². The van der Waals surface area contributed by atoms with E-state index >= 15 is 0 Å². The Balaban J connectivity index is 2.91. The predicted molar refractivity (Wildman–Crippen MR) is 23.7 cm³/mol. The van der Waals surface area contributed by atoms with E-state index in [9.17, 15) is 17.6 Å². The summed E-state index contributed by atoms with van der Waals surface area (Å²) >= 11 is 0. The summed E-state index contributed by atoms with van der Waals surface area (Å²) in [5, 5.41) is 0. The van der Waals surface area contributed by atoms with Crippen LogP contribution in [0, 0.1) is 5.41 Å². The van der Waals surface area contributed by atoms with Gasteiger partial charge in [-0.1, -0.05) is 0 Å². The minimum Gasteiger partial charge on any atom is -0.199 e. The Hall–Kier alpha value is -0.280. The average Bonchev–Trinajstić information content (AvgIpc) is 1.84. The fourth-order valence-electron chi connectivity index (χ4n) is 0.669. The smallest absolute Gasteiger partial charge is 0.199 e. The van der Waals surface area contributed by atoms with E-state index in [0.29, 0.717) is 0 Å². The summed E-state index contributed by atoms with van der Waals surface area (Å²) < 4.78 is 47.8. The third kappa shape index (κ3) is 0.413. The molecule has 0 aliphatic heterocycles. The van der Waals surface area contributed by atoms with Crippen LogP contribution in [-0.2, 0) is 0 Å². The predicted octanol–water partition coefficient (Wildman–Crippen LogP) is 2.30. The van der Waals surface area contributed by atoms with Gasteiger partial charge < -0.3 is 0 Å². The van der Waals surface area contributed by atoms with Gasteiger partial charge in [0.15, 0.2) is 0 Å². The van der Waals surface area contributed by atoms with Gasteiger partial charge in [-0.05, 0) is 13.8 Å². The van der Waals surface area contributed by atoms with Crippen molar-refractivity contribution in [3.63, 3.8) is 0 Å². The Labute approximate surface area is 49.9 Å². The first-order valence-corrected chi connectivity index (χ1v) is 2.51. The van der Waals surface area contributed by atoms with Crippen molar-refractivity contribution in [3.8, 4) is 0 Å². The van der Waals surface area contributed by atoms with Crippen molar-refractivity contribution in [2.24, 2.45) is 5.41 Å². The van der Waals surface area contributed by atoms with E-state index < -0.39 is 17.3 Å². The van der Waals surface area contributed by atoms with Gasteiger partial charge in [0, 0.05) is 0 Å². The molecular weight excluding hydrogens is 136 g/mol. The summed E-state index contributed by atoms with van der Waals surface area (Å²) in [6, 6.07) is 0. The molecule has 0 saturated heterocycles. The first-order chi connectivity index (χ1) is 3.75. The van der Waals surface area contributed by atoms with Crippen molar-refractivity contribution in [2.75, 3.05) is 0 Å². The Morgan fingerprint density at radius 3 is 0.889 bits per heavy atom. The van der Waals surface area contributed by atoms with Crippen LogP contribution in [0.15, 0.2) is 0 Å². The van der Waals surface area contributed by atoms with Crippen LogP contribution in [0.25, 0.3) is 0 Å². The minimum absolute atomic E-state index is 0.854. The second kappa shape index (κ2) is 1.11. The Kier molecular flexibility index (Phi) is 0.843. The van der Waals surface area contributed by atoms with E-state index in [1.807, 2.05) is 0 Å². The molecule has 0 atom stereocenters. The summed E-state index contributed by atoms with van der Waals surface area (Å²) in [7, 11) is 0. The third-order valence-corrected chi connectivity index (χ3v) is 1.90. The molecule has 0 aromatic carbocycles. The molecule has 0 N–H and O–H groups in total. The maximum atomic E-state index is 11.9. The molecule has 0 bridgehead atoms. The van der Waals surface area contributed by atoms with Gasteiger partial charge in [0.2, 0.25) is 0 Å². The number of alkyl halides is 4. The van der Waals surface area contributed by atoms with E-state index in [1.54, 1.807) is 0 Å². The second-order valence-electron chi connectivity index (χ2n) is 2.77. The standard InChI is InChI=1S/C5H6F4/c1-3(2)4(6,7)5(3,8)9/h1-2H3. The molecule has 1 fully saturated rings. The number of hydrogen-bond acceptors (Lipinski definition) is 0. The number of rotatable bonds is 0. The highest BCUT2D eigenvalue weighted by Gasteiger charge is 2.91. The lowest BCUT2D eigenvalue weighted by molar-refractivity contribution is -0.0278. The summed E-state index contributed by atoms with van der Waals surface area (Å²) in [6.45, 7) is 1.71. The third-order valence-electron chi connectivity index (χ3n) is 1.90. The molecule has 0 nitrogen and oxygen atoms in total. The largest absolute Gasteiger partial charge is 0.321 e. The zero-order valence-corrected chi connectivity index (χ0v) is 5.01.